The van der Waals surface area contributed by atoms with Crippen molar-refractivity contribution in [1.29, 1.82) is 0 Å². The Balaban J connectivity index is 1.78. The van der Waals surface area contributed by atoms with Crippen LogP contribution in [-0.4, -0.2) is 25.9 Å². The number of aryl methyl sites for hydroxylation is 2. The summed E-state index contributed by atoms with van der Waals surface area (Å²) in [7, 11) is 0. The minimum atomic E-state index is 0.545. The van der Waals surface area contributed by atoms with Crippen LogP contribution in [0.5, 0.6) is 0 Å². The van der Waals surface area contributed by atoms with Crippen LogP contribution in [0, 0.1) is 6.92 Å². The molecule has 0 spiro atoms. The molecule has 0 saturated heterocycles. The maximum Gasteiger partial charge on any atom is 0.239 e. The Morgan fingerprint density at radius 3 is 3.00 bits per heavy atom. The van der Waals surface area contributed by atoms with Crippen LogP contribution in [0.15, 0.2) is 34.1 Å². The Morgan fingerprint density at radius 1 is 1.30 bits per heavy atom. The van der Waals surface area contributed by atoms with E-state index in [0.717, 1.165) is 46.2 Å². The van der Waals surface area contributed by atoms with Crippen LogP contribution in [0.25, 0.3) is 21.3 Å². The molecule has 4 rings (SSSR count). The molecule has 1 aliphatic carbocycles. The first kappa shape index (κ1) is 14.1. The normalized spacial score (nSPS) is 15.8. The summed E-state index contributed by atoms with van der Waals surface area (Å²) in [4.78, 5) is 14.2. The highest BCUT2D eigenvalue weighted by atomic mass is 32.1. The van der Waals surface area contributed by atoms with Crippen molar-refractivity contribution < 1.29 is 9.62 Å². The zero-order chi connectivity index (χ0) is 15.8. The van der Waals surface area contributed by atoms with Crippen LogP contribution in [0.3, 0.4) is 0 Å². The van der Waals surface area contributed by atoms with Gasteiger partial charge in [0.05, 0.1) is 5.69 Å². The van der Waals surface area contributed by atoms with Gasteiger partial charge in [0.1, 0.15) is 27.1 Å². The van der Waals surface area contributed by atoms with E-state index in [9.17, 15) is 0 Å². The lowest BCUT2D eigenvalue weighted by molar-refractivity contribution is 0.317. The summed E-state index contributed by atoms with van der Waals surface area (Å²) in [6.07, 6.45) is 5.97. The van der Waals surface area contributed by atoms with Gasteiger partial charge in [0, 0.05) is 24.4 Å². The van der Waals surface area contributed by atoms with Crippen LogP contribution in [0.2, 0.25) is 0 Å². The maximum absolute atomic E-state index is 9.11. The van der Waals surface area contributed by atoms with Crippen LogP contribution < -0.4 is 0 Å². The summed E-state index contributed by atoms with van der Waals surface area (Å²) in [6, 6.07) is 3.87. The number of thiazole rings is 1. The van der Waals surface area contributed by atoms with E-state index in [1.54, 1.807) is 12.4 Å². The van der Waals surface area contributed by atoms with Crippen molar-refractivity contribution in [2.75, 3.05) is 0 Å². The van der Waals surface area contributed by atoms with Crippen molar-refractivity contribution in [3.8, 4) is 21.3 Å². The van der Waals surface area contributed by atoms with Gasteiger partial charge in [0.25, 0.3) is 0 Å². The van der Waals surface area contributed by atoms with Gasteiger partial charge in [-0.15, -0.1) is 11.3 Å². The van der Waals surface area contributed by atoms with Gasteiger partial charge in [-0.2, -0.15) is 0 Å². The van der Waals surface area contributed by atoms with E-state index < -0.39 is 0 Å². The van der Waals surface area contributed by atoms with E-state index in [2.05, 4.69) is 20.1 Å². The van der Waals surface area contributed by atoms with Gasteiger partial charge in [-0.3, -0.25) is 4.98 Å². The molecule has 116 valence electrons. The first-order chi connectivity index (χ1) is 11.3. The third kappa shape index (κ3) is 2.43. The van der Waals surface area contributed by atoms with Gasteiger partial charge in [-0.1, -0.05) is 5.16 Å². The van der Waals surface area contributed by atoms with Crippen molar-refractivity contribution in [2.45, 2.75) is 26.2 Å². The molecule has 1 aliphatic rings. The topological polar surface area (TPSA) is 84.4 Å². The second-order valence-corrected chi connectivity index (χ2v) is 6.37. The van der Waals surface area contributed by atoms with E-state index in [0.29, 0.717) is 17.3 Å². The van der Waals surface area contributed by atoms with Crippen molar-refractivity contribution in [2.24, 2.45) is 5.16 Å². The van der Waals surface area contributed by atoms with Crippen LogP contribution in [0.1, 0.15) is 30.0 Å². The fourth-order valence-corrected chi connectivity index (χ4v) is 3.67. The predicted molar refractivity (Wildman–Crippen MR) is 86.8 cm³/mol. The number of oxime groups is 1. The summed E-state index contributed by atoms with van der Waals surface area (Å²) in [5.74, 6) is 1.33. The number of oxazole rings is 1. The number of pyridine rings is 1. The summed E-state index contributed by atoms with van der Waals surface area (Å²) >= 11 is 1.53. The Bertz CT molecular complexity index is 883. The highest BCUT2D eigenvalue weighted by Crippen LogP contribution is 2.36. The van der Waals surface area contributed by atoms with Gasteiger partial charge >= 0.3 is 0 Å². The molecule has 3 aromatic rings. The molecule has 1 N–H and O–H groups in total. The van der Waals surface area contributed by atoms with Gasteiger partial charge in [0.15, 0.2) is 0 Å². The van der Waals surface area contributed by atoms with Crippen LogP contribution >= 0.6 is 11.3 Å². The van der Waals surface area contributed by atoms with Gasteiger partial charge in [0.2, 0.25) is 5.89 Å². The molecule has 0 unspecified atom stereocenters. The quantitative estimate of drug-likeness (QED) is 0.573. The van der Waals surface area contributed by atoms with Crippen molar-refractivity contribution in [3.05, 3.63) is 41.7 Å². The van der Waals surface area contributed by atoms with E-state index >= 15 is 0 Å². The molecule has 0 fully saturated rings. The minimum absolute atomic E-state index is 0.545. The highest BCUT2D eigenvalue weighted by molar-refractivity contribution is 7.18. The van der Waals surface area contributed by atoms with Crippen LogP contribution in [0.4, 0.5) is 0 Å². The molecule has 0 amide bonds. The Hall–Kier alpha value is -2.54. The van der Waals surface area contributed by atoms with Crippen molar-refractivity contribution in [1.82, 2.24) is 15.0 Å². The minimum Gasteiger partial charge on any atom is -0.440 e. The maximum atomic E-state index is 9.11. The number of hydrogen-bond donors (Lipinski definition) is 1. The molecule has 7 heteroatoms. The lowest BCUT2D eigenvalue weighted by atomic mass is 10.0. The largest absolute Gasteiger partial charge is 0.440 e. The number of aromatic nitrogens is 3. The summed E-state index contributed by atoms with van der Waals surface area (Å²) in [6.45, 7) is 1.94. The fraction of sp³-hybridized carbons (Fsp3) is 0.250. The Kier molecular flexibility index (Phi) is 3.42. The smallest absolute Gasteiger partial charge is 0.239 e. The molecule has 0 radical (unpaired) electrons. The molecule has 23 heavy (non-hydrogen) atoms. The number of hydrogen-bond acceptors (Lipinski definition) is 7. The third-order valence-corrected chi connectivity index (χ3v) is 5.00. The molecule has 3 aromatic heterocycles. The van der Waals surface area contributed by atoms with Crippen molar-refractivity contribution in [3.63, 3.8) is 0 Å². The molecule has 0 aromatic carbocycles. The Labute approximate surface area is 136 Å². The molecule has 0 saturated carbocycles. The SMILES string of the molecule is Cc1nc(-c2cccnc2)sc1-c1nc2c(o1)CCC/C2=N\O. The average Bonchev–Trinajstić information content (AvgIpc) is 3.18. The van der Waals surface area contributed by atoms with E-state index in [4.69, 9.17) is 9.62 Å². The summed E-state index contributed by atoms with van der Waals surface area (Å²) in [5.41, 5.74) is 3.11. The number of rotatable bonds is 2. The lowest BCUT2D eigenvalue weighted by Gasteiger charge is -2.07. The van der Waals surface area contributed by atoms with Crippen molar-refractivity contribution >= 4 is 17.0 Å². The van der Waals surface area contributed by atoms with E-state index in [1.807, 2.05) is 19.1 Å². The third-order valence-electron chi connectivity index (χ3n) is 3.81. The molecule has 6 nitrogen and oxygen atoms in total. The second kappa shape index (κ2) is 5.58. The molecule has 0 atom stereocenters. The number of fused-ring (bicyclic) bond motifs is 1. The molecule has 0 bridgehead atoms. The zero-order valence-corrected chi connectivity index (χ0v) is 13.3. The van der Waals surface area contributed by atoms with Crippen LogP contribution in [-0.2, 0) is 6.42 Å². The summed E-state index contributed by atoms with van der Waals surface area (Å²) < 4.78 is 5.91. The van der Waals surface area contributed by atoms with Gasteiger partial charge in [-0.05, 0) is 31.9 Å². The number of nitrogens with zero attached hydrogens (tertiary/aromatic N) is 4. The zero-order valence-electron chi connectivity index (χ0n) is 12.5. The second-order valence-electron chi connectivity index (χ2n) is 5.37. The van der Waals surface area contributed by atoms with E-state index in [1.165, 1.54) is 11.3 Å². The first-order valence-electron chi connectivity index (χ1n) is 7.35. The van der Waals surface area contributed by atoms with Gasteiger partial charge in [-0.25, -0.2) is 9.97 Å². The highest BCUT2D eigenvalue weighted by Gasteiger charge is 2.25. The summed E-state index contributed by atoms with van der Waals surface area (Å²) in [5, 5.41) is 13.3. The fourth-order valence-electron chi connectivity index (χ4n) is 2.68. The Morgan fingerprint density at radius 2 is 2.22 bits per heavy atom. The van der Waals surface area contributed by atoms with E-state index in [-0.39, 0.29) is 0 Å². The first-order valence-corrected chi connectivity index (χ1v) is 8.17. The standard InChI is InChI=1S/C16H14N4O2S/c1-9-14(23-16(18-9)10-4-3-7-17-8-10)15-19-13-11(20-21)5-2-6-12(13)22-15/h3-4,7-8,21H,2,5-6H2,1H3/b20-11+. The molecular weight excluding hydrogens is 312 g/mol. The molecule has 0 aliphatic heterocycles. The van der Waals surface area contributed by atoms with Gasteiger partial charge < -0.3 is 9.62 Å². The molecular formula is C16H14N4O2S. The monoisotopic (exact) mass is 326 g/mol. The lowest BCUT2D eigenvalue weighted by Crippen LogP contribution is -2.10. The predicted octanol–water partition coefficient (Wildman–Crippen LogP) is 3.68. The average molecular weight is 326 g/mol. The molecule has 3 heterocycles.